The van der Waals surface area contributed by atoms with Gasteiger partial charge < -0.3 is 5.32 Å². The normalized spacial score (nSPS) is 11.6. The van der Waals surface area contributed by atoms with E-state index in [9.17, 15) is 0 Å². The Balaban J connectivity index is 1.82. The van der Waals surface area contributed by atoms with Gasteiger partial charge in [0, 0.05) is 24.2 Å². The van der Waals surface area contributed by atoms with Crippen molar-refractivity contribution in [3.63, 3.8) is 0 Å². The zero-order valence-electron chi connectivity index (χ0n) is 11.7. The molecule has 0 atom stereocenters. The number of nitrogens with one attached hydrogen (secondary N) is 1. The van der Waals surface area contributed by atoms with Crippen molar-refractivity contribution in [2.24, 2.45) is 0 Å². The zero-order chi connectivity index (χ0) is 13.9. The minimum atomic E-state index is 0.479. The lowest BCUT2D eigenvalue weighted by molar-refractivity contribution is 0.588. The maximum absolute atomic E-state index is 4.56. The zero-order valence-corrected chi connectivity index (χ0v) is 12.5. The van der Waals surface area contributed by atoms with E-state index in [0.29, 0.717) is 6.04 Å². The summed E-state index contributed by atoms with van der Waals surface area (Å²) in [4.78, 5) is 4.56. The van der Waals surface area contributed by atoms with E-state index < -0.39 is 0 Å². The van der Waals surface area contributed by atoms with Crippen LogP contribution in [-0.4, -0.2) is 20.8 Å². The predicted molar refractivity (Wildman–Crippen MR) is 82.9 cm³/mol. The molecule has 0 saturated heterocycles. The average Bonchev–Trinajstić information content (AvgIpc) is 3.07. The van der Waals surface area contributed by atoms with Crippen LogP contribution in [0.1, 0.15) is 25.0 Å². The number of thiophene rings is 1. The van der Waals surface area contributed by atoms with Crippen molar-refractivity contribution in [1.82, 2.24) is 20.1 Å². The minimum absolute atomic E-state index is 0.479. The van der Waals surface area contributed by atoms with E-state index in [-0.39, 0.29) is 0 Å². The van der Waals surface area contributed by atoms with Gasteiger partial charge in [-0.15, -0.1) is 0 Å². The van der Waals surface area contributed by atoms with Gasteiger partial charge in [0.1, 0.15) is 0 Å². The van der Waals surface area contributed by atoms with Crippen LogP contribution in [0.15, 0.2) is 35.3 Å². The Labute approximate surface area is 122 Å². The summed E-state index contributed by atoms with van der Waals surface area (Å²) in [6.07, 6.45) is 3.83. The molecule has 0 bridgehead atoms. The molecule has 20 heavy (non-hydrogen) atoms. The first-order valence-corrected chi connectivity index (χ1v) is 7.71. The van der Waals surface area contributed by atoms with Gasteiger partial charge in [-0.2, -0.15) is 16.4 Å². The molecule has 0 unspecified atom stereocenters. The molecule has 0 spiro atoms. The van der Waals surface area contributed by atoms with Gasteiger partial charge in [0.05, 0.1) is 12.7 Å². The Bertz CT molecular complexity index is 685. The van der Waals surface area contributed by atoms with Crippen molar-refractivity contribution in [3.05, 3.63) is 46.4 Å². The number of rotatable bonds is 5. The van der Waals surface area contributed by atoms with Crippen LogP contribution < -0.4 is 5.32 Å². The van der Waals surface area contributed by atoms with Gasteiger partial charge in [0.15, 0.2) is 5.65 Å². The molecular formula is C15H18N4S. The van der Waals surface area contributed by atoms with Gasteiger partial charge in [-0.25, -0.2) is 9.67 Å². The number of aromatic nitrogens is 3. The Morgan fingerprint density at radius 2 is 2.20 bits per heavy atom. The highest BCUT2D eigenvalue weighted by molar-refractivity contribution is 7.07. The highest BCUT2D eigenvalue weighted by Gasteiger charge is 2.06. The van der Waals surface area contributed by atoms with Gasteiger partial charge in [-0.05, 0) is 34.0 Å². The summed E-state index contributed by atoms with van der Waals surface area (Å²) in [5, 5.41) is 13.2. The molecule has 0 aliphatic carbocycles. The molecule has 0 aromatic carbocycles. The summed E-state index contributed by atoms with van der Waals surface area (Å²) in [6, 6.07) is 4.76. The number of nitrogens with zero attached hydrogens (tertiary/aromatic N) is 3. The second-order valence-corrected chi connectivity index (χ2v) is 6.01. The Hall–Kier alpha value is -1.72. The highest BCUT2D eigenvalue weighted by atomic mass is 32.1. The first-order valence-electron chi connectivity index (χ1n) is 6.77. The van der Waals surface area contributed by atoms with E-state index in [1.807, 2.05) is 17.1 Å². The van der Waals surface area contributed by atoms with Crippen LogP contribution in [0.5, 0.6) is 0 Å². The van der Waals surface area contributed by atoms with Gasteiger partial charge in [-0.3, -0.25) is 0 Å². The number of hydrogen-bond donors (Lipinski definition) is 1. The summed E-state index contributed by atoms with van der Waals surface area (Å²) in [6.45, 7) is 5.91. The van der Waals surface area contributed by atoms with Crippen LogP contribution in [0, 0.1) is 0 Å². The Kier molecular flexibility index (Phi) is 3.80. The largest absolute Gasteiger partial charge is 0.310 e. The molecule has 0 aliphatic rings. The molecule has 0 saturated carbocycles. The average molecular weight is 286 g/mol. The fourth-order valence-corrected chi connectivity index (χ4v) is 2.77. The lowest BCUT2D eigenvalue weighted by Gasteiger charge is -2.07. The molecule has 4 nitrogen and oxygen atoms in total. The highest BCUT2D eigenvalue weighted by Crippen LogP contribution is 2.15. The molecule has 3 aromatic rings. The maximum atomic E-state index is 4.56. The molecular weight excluding hydrogens is 268 g/mol. The maximum Gasteiger partial charge on any atom is 0.158 e. The summed E-state index contributed by atoms with van der Waals surface area (Å²) < 4.78 is 1.96. The van der Waals surface area contributed by atoms with Crippen molar-refractivity contribution in [2.75, 3.05) is 0 Å². The van der Waals surface area contributed by atoms with E-state index in [1.165, 1.54) is 11.1 Å². The van der Waals surface area contributed by atoms with Gasteiger partial charge in [0.25, 0.3) is 0 Å². The van der Waals surface area contributed by atoms with E-state index in [4.69, 9.17) is 0 Å². The number of pyridine rings is 1. The van der Waals surface area contributed by atoms with E-state index in [0.717, 1.165) is 24.1 Å². The first kappa shape index (κ1) is 13.3. The minimum Gasteiger partial charge on any atom is -0.310 e. The molecule has 3 heterocycles. The predicted octanol–water partition coefficient (Wildman–Crippen LogP) is 3.04. The fourth-order valence-electron chi connectivity index (χ4n) is 2.11. The van der Waals surface area contributed by atoms with E-state index in [1.54, 1.807) is 11.3 Å². The van der Waals surface area contributed by atoms with Gasteiger partial charge in [0.2, 0.25) is 0 Å². The van der Waals surface area contributed by atoms with Gasteiger partial charge in [-0.1, -0.05) is 13.8 Å². The lowest BCUT2D eigenvalue weighted by Crippen LogP contribution is -2.21. The summed E-state index contributed by atoms with van der Waals surface area (Å²) in [5.74, 6) is 0. The molecule has 0 radical (unpaired) electrons. The molecule has 3 aromatic heterocycles. The van der Waals surface area contributed by atoms with Crippen LogP contribution in [0.4, 0.5) is 0 Å². The molecule has 0 amide bonds. The third-order valence-electron chi connectivity index (χ3n) is 3.16. The second kappa shape index (κ2) is 5.73. The van der Waals surface area contributed by atoms with Crippen molar-refractivity contribution < 1.29 is 0 Å². The van der Waals surface area contributed by atoms with Crippen molar-refractivity contribution in [3.8, 4) is 0 Å². The lowest BCUT2D eigenvalue weighted by atomic mass is 10.2. The summed E-state index contributed by atoms with van der Waals surface area (Å²) >= 11 is 1.71. The molecule has 104 valence electrons. The van der Waals surface area contributed by atoms with Crippen molar-refractivity contribution in [2.45, 2.75) is 33.0 Å². The second-order valence-electron chi connectivity index (χ2n) is 5.23. The van der Waals surface area contributed by atoms with Gasteiger partial charge >= 0.3 is 0 Å². The van der Waals surface area contributed by atoms with Crippen molar-refractivity contribution >= 4 is 22.4 Å². The standard InChI is InChI=1S/C15H18N4S/c1-11(2)16-6-13-5-14-8-18-19(15(14)17-7-13)9-12-3-4-20-10-12/h3-5,7-8,10-11,16H,6,9H2,1-2H3. The van der Waals surface area contributed by atoms with Crippen LogP contribution in [0.3, 0.4) is 0 Å². The number of hydrogen-bond acceptors (Lipinski definition) is 4. The quantitative estimate of drug-likeness (QED) is 0.784. The van der Waals surface area contributed by atoms with Crippen LogP contribution in [-0.2, 0) is 13.1 Å². The Morgan fingerprint density at radius 1 is 1.30 bits per heavy atom. The SMILES string of the molecule is CC(C)NCc1cnc2c(cnn2Cc2ccsc2)c1. The molecule has 0 fully saturated rings. The summed E-state index contributed by atoms with van der Waals surface area (Å²) in [5.41, 5.74) is 3.41. The Morgan fingerprint density at radius 3 is 2.95 bits per heavy atom. The number of fused-ring (bicyclic) bond motifs is 1. The third-order valence-corrected chi connectivity index (χ3v) is 3.89. The van der Waals surface area contributed by atoms with Crippen LogP contribution in [0.2, 0.25) is 0 Å². The first-order chi connectivity index (χ1) is 9.72. The molecule has 1 N–H and O–H groups in total. The monoisotopic (exact) mass is 286 g/mol. The third kappa shape index (κ3) is 2.89. The van der Waals surface area contributed by atoms with E-state index in [2.05, 4.69) is 52.1 Å². The molecule has 0 aliphatic heterocycles. The molecule has 3 rings (SSSR count). The fraction of sp³-hybridized carbons (Fsp3) is 0.333. The smallest absolute Gasteiger partial charge is 0.158 e. The van der Waals surface area contributed by atoms with Crippen LogP contribution in [0.25, 0.3) is 11.0 Å². The van der Waals surface area contributed by atoms with E-state index >= 15 is 0 Å². The van der Waals surface area contributed by atoms with Crippen LogP contribution >= 0.6 is 11.3 Å². The topological polar surface area (TPSA) is 42.7 Å². The molecule has 5 heteroatoms. The summed E-state index contributed by atoms with van der Waals surface area (Å²) in [7, 11) is 0. The van der Waals surface area contributed by atoms with Crippen molar-refractivity contribution in [1.29, 1.82) is 0 Å².